The Morgan fingerprint density at radius 3 is 2.45 bits per heavy atom. The highest BCUT2D eigenvalue weighted by Crippen LogP contribution is 2.19. The van der Waals surface area contributed by atoms with Crippen LogP contribution in [0.1, 0.15) is 0 Å². The van der Waals surface area contributed by atoms with Gasteiger partial charge in [0.15, 0.2) is 0 Å². The molecule has 0 heterocycles. The Labute approximate surface area is 66.9 Å². The van der Waals surface area contributed by atoms with E-state index in [-0.39, 0.29) is 0 Å². The Bertz CT molecular complexity index is 243. The van der Waals surface area contributed by atoms with Gasteiger partial charge in [-0.2, -0.15) is 0 Å². The van der Waals surface area contributed by atoms with Gasteiger partial charge in [-0.3, -0.25) is 0 Å². The van der Waals surface area contributed by atoms with Crippen molar-refractivity contribution in [2.45, 2.75) is 0 Å². The highest BCUT2D eigenvalue weighted by Gasteiger charge is 1.93. The molecule has 0 bridgehead atoms. The normalized spacial score (nSPS) is 8.82. The first-order valence-electron chi connectivity index (χ1n) is 3.52. The minimum atomic E-state index is 1.05. The van der Waals surface area contributed by atoms with Crippen LogP contribution in [0.3, 0.4) is 0 Å². The van der Waals surface area contributed by atoms with Gasteiger partial charge < -0.3 is 10.6 Å². The minimum Gasteiger partial charge on any atom is -0.386 e. The van der Waals surface area contributed by atoms with Crippen molar-refractivity contribution in [3.63, 3.8) is 0 Å². The standard InChI is InChI=1S/C9H12N2/c1-3-11-9-7-5-4-6-8(9)10-2/h3-7,10-11H,1H2,2H3. The van der Waals surface area contributed by atoms with E-state index in [9.17, 15) is 0 Å². The van der Waals surface area contributed by atoms with Crippen LogP contribution in [0.5, 0.6) is 0 Å². The van der Waals surface area contributed by atoms with Crippen molar-refractivity contribution in [3.8, 4) is 0 Å². The Kier molecular flexibility index (Phi) is 2.55. The van der Waals surface area contributed by atoms with Gasteiger partial charge in [-0.1, -0.05) is 18.7 Å². The van der Waals surface area contributed by atoms with Gasteiger partial charge in [0.05, 0.1) is 11.4 Å². The lowest BCUT2D eigenvalue weighted by atomic mass is 10.2. The maximum atomic E-state index is 3.59. The Morgan fingerprint density at radius 2 is 1.91 bits per heavy atom. The Balaban J connectivity index is 2.92. The zero-order chi connectivity index (χ0) is 8.10. The molecule has 2 heteroatoms. The molecular formula is C9H12N2. The van der Waals surface area contributed by atoms with Gasteiger partial charge in [-0.05, 0) is 18.3 Å². The number of benzene rings is 1. The average molecular weight is 148 g/mol. The molecule has 58 valence electrons. The summed E-state index contributed by atoms with van der Waals surface area (Å²) in [5.74, 6) is 0. The second kappa shape index (κ2) is 3.66. The quantitative estimate of drug-likeness (QED) is 0.687. The summed E-state index contributed by atoms with van der Waals surface area (Å²) in [6.07, 6.45) is 1.66. The lowest BCUT2D eigenvalue weighted by Crippen LogP contribution is -1.94. The molecule has 0 aliphatic carbocycles. The molecule has 0 aliphatic heterocycles. The van der Waals surface area contributed by atoms with Crippen LogP contribution in [0.4, 0.5) is 11.4 Å². The first kappa shape index (κ1) is 7.66. The summed E-state index contributed by atoms with van der Waals surface area (Å²) in [6.45, 7) is 3.59. The molecular weight excluding hydrogens is 136 g/mol. The minimum absolute atomic E-state index is 1.05. The van der Waals surface area contributed by atoms with Crippen LogP contribution in [0.15, 0.2) is 37.0 Å². The van der Waals surface area contributed by atoms with Crippen molar-refractivity contribution in [1.29, 1.82) is 0 Å². The number of para-hydroxylation sites is 2. The van der Waals surface area contributed by atoms with Gasteiger partial charge in [-0.25, -0.2) is 0 Å². The van der Waals surface area contributed by atoms with E-state index in [2.05, 4.69) is 17.2 Å². The molecule has 1 rings (SSSR count). The second-order valence-electron chi connectivity index (χ2n) is 2.14. The number of hydrogen-bond acceptors (Lipinski definition) is 2. The van der Waals surface area contributed by atoms with Crippen molar-refractivity contribution in [3.05, 3.63) is 37.0 Å². The Morgan fingerprint density at radius 1 is 1.27 bits per heavy atom. The summed E-state index contributed by atoms with van der Waals surface area (Å²) in [5.41, 5.74) is 2.12. The molecule has 1 aromatic carbocycles. The van der Waals surface area contributed by atoms with Gasteiger partial charge in [0.2, 0.25) is 0 Å². The highest BCUT2D eigenvalue weighted by molar-refractivity contribution is 5.69. The molecule has 0 unspecified atom stereocenters. The molecule has 2 N–H and O–H groups in total. The molecule has 0 fully saturated rings. The fourth-order valence-corrected chi connectivity index (χ4v) is 0.937. The third-order valence-corrected chi connectivity index (χ3v) is 1.45. The predicted octanol–water partition coefficient (Wildman–Crippen LogP) is 2.28. The zero-order valence-electron chi connectivity index (χ0n) is 6.59. The number of anilines is 2. The molecule has 1 aromatic rings. The van der Waals surface area contributed by atoms with Gasteiger partial charge in [0.1, 0.15) is 0 Å². The summed E-state index contributed by atoms with van der Waals surface area (Å²) in [6, 6.07) is 7.96. The first-order valence-corrected chi connectivity index (χ1v) is 3.52. The summed E-state index contributed by atoms with van der Waals surface area (Å²) < 4.78 is 0. The summed E-state index contributed by atoms with van der Waals surface area (Å²) >= 11 is 0. The van der Waals surface area contributed by atoms with Crippen molar-refractivity contribution in [2.75, 3.05) is 17.7 Å². The number of rotatable bonds is 3. The average Bonchev–Trinajstić information content (AvgIpc) is 2.06. The topological polar surface area (TPSA) is 24.1 Å². The van der Waals surface area contributed by atoms with Crippen LogP contribution in [0.2, 0.25) is 0 Å². The van der Waals surface area contributed by atoms with Gasteiger partial charge >= 0.3 is 0 Å². The molecule has 0 aliphatic rings. The van der Waals surface area contributed by atoms with Gasteiger partial charge in [-0.15, -0.1) is 0 Å². The van der Waals surface area contributed by atoms with Crippen molar-refractivity contribution >= 4 is 11.4 Å². The second-order valence-corrected chi connectivity index (χ2v) is 2.14. The van der Waals surface area contributed by atoms with Gasteiger partial charge in [0.25, 0.3) is 0 Å². The molecule has 0 aromatic heterocycles. The van der Waals surface area contributed by atoms with Crippen LogP contribution < -0.4 is 10.6 Å². The van der Waals surface area contributed by atoms with Crippen molar-refractivity contribution in [2.24, 2.45) is 0 Å². The molecule has 0 saturated carbocycles. The lowest BCUT2D eigenvalue weighted by molar-refractivity contribution is 1.48. The summed E-state index contributed by atoms with van der Waals surface area (Å²) in [7, 11) is 1.89. The molecule has 0 saturated heterocycles. The van der Waals surface area contributed by atoms with E-state index >= 15 is 0 Å². The lowest BCUT2D eigenvalue weighted by Gasteiger charge is -2.06. The van der Waals surface area contributed by atoms with E-state index in [0.717, 1.165) is 11.4 Å². The summed E-state index contributed by atoms with van der Waals surface area (Å²) in [5, 5.41) is 6.10. The van der Waals surface area contributed by atoms with E-state index in [1.165, 1.54) is 0 Å². The van der Waals surface area contributed by atoms with E-state index in [0.29, 0.717) is 0 Å². The monoisotopic (exact) mass is 148 g/mol. The molecule has 11 heavy (non-hydrogen) atoms. The van der Waals surface area contributed by atoms with Crippen LogP contribution in [-0.2, 0) is 0 Å². The molecule has 0 radical (unpaired) electrons. The fourth-order valence-electron chi connectivity index (χ4n) is 0.937. The van der Waals surface area contributed by atoms with Gasteiger partial charge in [0, 0.05) is 7.05 Å². The summed E-state index contributed by atoms with van der Waals surface area (Å²) in [4.78, 5) is 0. The van der Waals surface area contributed by atoms with Crippen LogP contribution in [0.25, 0.3) is 0 Å². The highest BCUT2D eigenvalue weighted by atomic mass is 14.9. The SMILES string of the molecule is C=CNc1ccccc1NC. The molecule has 0 amide bonds. The maximum absolute atomic E-state index is 3.59. The number of hydrogen-bond donors (Lipinski definition) is 2. The molecule has 0 atom stereocenters. The molecule has 0 spiro atoms. The van der Waals surface area contributed by atoms with Crippen molar-refractivity contribution < 1.29 is 0 Å². The van der Waals surface area contributed by atoms with E-state index in [4.69, 9.17) is 0 Å². The van der Waals surface area contributed by atoms with E-state index < -0.39 is 0 Å². The third kappa shape index (κ3) is 1.74. The Hall–Kier alpha value is -1.44. The number of nitrogens with one attached hydrogen (secondary N) is 2. The third-order valence-electron chi connectivity index (χ3n) is 1.45. The first-order chi connectivity index (χ1) is 5.38. The zero-order valence-corrected chi connectivity index (χ0v) is 6.59. The largest absolute Gasteiger partial charge is 0.386 e. The smallest absolute Gasteiger partial charge is 0.0615 e. The van der Waals surface area contributed by atoms with Crippen molar-refractivity contribution in [1.82, 2.24) is 0 Å². The van der Waals surface area contributed by atoms with Crippen LogP contribution >= 0.6 is 0 Å². The van der Waals surface area contributed by atoms with E-state index in [1.54, 1.807) is 6.20 Å². The maximum Gasteiger partial charge on any atom is 0.0615 e. The van der Waals surface area contributed by atoms with Crippen LogP contribution in [-0.4, -0.2) is 7.05 Å². The van der Waals surface area contributed by atoms with Crippen LogP contribution in [0, 0.1) is 0 Å². The molecule has 2 nitrogen and oxygen atoms in total. The van der Waals surface area contributed by atoms with E-state index in [1.807, 2.05) is 31.3 Å². The fraction of sp³-hybridized carbons (Fsp3) is 0.111. The predicted molar refractivity (Wildman–Crippen MR) is 49.8 cm³/mol.